The molecule has 0 bridgehead atoms. The van der Waals surface area contributed by atoms with Crippen molar-refractivity contribution in [2.75, 3.05) is 31.6 Å². The third kappa shape index (κ3) is 5.41. The van der Waals surface area contributed by atoms with Gasteiger partial charge in [0.2, 0.25) is 0 Å². The minimum atomic E-state index is -0.289. The Morgan fingerprint density at radius 2 is 2.09 bits per heavy atom. The number of halogens is 1. The molecule has 178 valence electrons. The van der Waals surface area contributed by atoms with Crippen LogP contribution in [0.1, 0.15) is 46.8 Å². The lowest BCUT2D eigenvalue weighted by Crippen LogP contribution is -2.55. The standard InChI is InChI=1S/C26H29ClN4O3/c1-17-15-30(8-9-31(17)26(33)24-7-4-10-34-24)16-21-12-22(27)13-23(18(21)2)29-25(32)20-6-3-5-19(11-20)14-28/h3,5-6,11-13,17,24H,4,7-10,15-16H2,1-2H3,(H,29,32)/t17-,24+/m0/s1. The topological polar surface area (TPSA) is 85.7 Å². The maximum atomic E-state index is 12.8. The zero-order chi connectivity index (χ0) is 24.2. The summed E-state index contributed by atoms with van der Waals surface area (Å²) in [6.45, 7) is 7.56. The van der Waals surface area contributed by atoms with E-state index in [0.717, 1.165) is 37.1 Å². The van der Waals surface area contributed by atoms with E-state index in [4.69, 9.17) is 21.6 Å². The Hall–Kier alpha value is -2.92. The summed E-state index contributed by atoms with van der Waals surface area (Å²) in [5.74, 6) is -0.183. The van der Waals surface area contributed by atoms with E-state index in [1.165, 1.54) is 0 Å². The summed E-state index contributed by atoms with van der Waals surface area (Å²) in [5.41, 5.74) is 3.47. The van der Waals surface area contributed by atoms with Crippen molar-refractivity contribution in [3.05, 3.63) is 63.7 Å². The quantitative estimate of drug-likeness (QED) is 0.699. The van der Waals surface area contributed by atoms with Crippen LogP contribution >= 0.6 is 11.6 Å². The minimum absolute atomic E-state index is 0.0940. The second-order valence-corrected chi connectivity index (χ2v) is 9.44. The molecule has 2 amide bonds. The van der Waals surface area contributed by atoms with Gasteiger partial charge in [0.1, 0.15) is 6.10 Å². The van der Waals surface area contributed by atoms with Gasteiger partial charge in [-0.3, -0.25) is 14.5 Å². The molecule has 0 spiro atoms. The fourth-order valence-electron chi connectivity index (χ4n) is 4.66. The molecule has 34 heavy (non-hydrogen) atoms. The summed E-state index contributed by atoms with van der Waals surface area (Å²) in [6.07, 6.45) is 1.47. The van der Waals surface area contributed by atoms with Gasteiger partial charge < -0.3 is 15.0 Å². The van der Waals surface area contributed by atoms with Gasteiger partial charge in [0, 0.05) is 55.1 Å². The Labute approximate surface area is 205 Å². The van der Waals surface area contributed by atoms with Crippen molar-refractivity contribution in [2.45, 2.75) is 45.4 Å². The molecule has 2 aliphatic heterocycles. The highest BCUT2D eigenvalue weighted by molar-refractivity contribution is 6.31. The number of carbonyl (C=O) groups excluding carboxylic acids is 2. The molecular weight excluding hydrogens is 452 g/mol. The maximum Gasteiger partial charge on any atom is 0.255 e. The van der Waals surface area contributed by atoms with Gasteiger partial charge in [-0.2, -0.15) is 5.26 Å². The van der Waals surface area contributed by atoms with Crippen LogP contribution in [0.4, 0.5) is 5.69 Å². The highest BCUT2D eigenvalue weighted by atomic mass is 35.5. The van der Waals surface area contributed by atoms with Gasteiger partial charge in [-0.05, 0) is 68.1 Å². The van der Waals surface area contributed by atoms with Gasteiger partial charge in [0.25, 0.3) is 11.8 Å². The van der Waals surface area contributed by atoms with Gasteiger partial charge in [0.05, 0.1) is 11.6 Å². The maximum absolute atomic E-state index is 12.8. The molecule has 0 unspecified atom stereocenters. The lowest BCUT2D eigenvalue weighted by atomic mass is 10.0. The molecule has 0 radical (unpaired) electrons. The third-order valence-electron chi connectivity index (χ3n) is 6.58. The first kappa shape index (κ1) is 24.2. The molecule has 0 saturated carbocycles. The molecule has 2 atom stereocenters. The number of benzene rings is 2. The van der Waals surface area contributed by atoms with Gasteiger partial charge in [-0.25, -0.2) is 0 Å². The molecule has 0 aromatic heterocycles. The number of hydrogen-bond donors (Lipinski definition) is 1. The predicted octanol–water partition coefficient (Wildman–Crippen LogP) is 3.98. The number of hydrogen-bond acceptors (Lipinski definition) is 5. The Balaban J connectivity index is 1.43. The fourth-order valence-corrected chi connectivity index (χ4v) is 4.90. The lowest BCUT2D eigenvalue weighted by molar-refractivity contribution is -0.145. The van der Waals surface area contributed by atoms with Crippen molar-refractivity contribution < 1.29 is 14.3 Å². The van der Waals surface area contributed by atoms with Gasteiger partial charge in [0.15, 0.2) is 0 Å². The summed E-state index contributed by atoms with van der Waals surface area (Å²) in [7, 11) is 0. The summed E-state index contributed by atoms with van der Waals surface area (Å²) in [4.78, 5) is 29.8. The van der Waals surface area contributed by atoms with E-state index in [1.807, 2.05) is 17.9 Å². The van der Waals surface area contributed by atoms with E-state index >= 15 is 0 Å². The third-order valence-corrected chi connectivity index (χ3v) is 6.79. The van der Waals surface area contributed by atoms with Crippen LogP contribution in [0.5, 0.6) is 0 Å². The predicted molar refractivity (Wildman–Crippen MR) is 131 cm³/mol. The van der Waals surface area contributed by atoms with Crippen molar-refractivity contribution >= 4 is 29.1 Å². The Morgan fingerprint density at radius 3 is 2.79 bits per heavy atom. The van der Waals surface area contributed by atoms with E-state index in [1.54, 1.807) is 30.3 Å². The number of nitriles is 1. The molecule has 2 aromatic rings. The van der Waals surface area contributed by atoms with E-state index in [2.05, 4.69) is 23.2 Å². The molecule has 4 rings (SSSR count). The second-order valence-electron chi connectivity index (χ2n) is 9.00. The molecule has 2 aromatic carbocycles. The lowest BCUT2D eigenvalue weighted by Gasteiger charge is -2.41. The number of nitrogens with zero attached hydrogens (tertiary/aromatic N) is 3. The van der Waals surface area contributed by atoms with Crippen LogP contribution in [-0.4, -0.2) is 60.0 Å². The highest BCUT2D eigenvalue weighted by Gasteiger charge is 2.34. The number of nitrogens with one attached hydrogen (secondary N) is 1. The monoisotopic (exact) mass is 480 g/mol. The number of anilines is 1. The van der Waals surface area contributed by atoms with Crippen molar-refractivity contribution in [2.24, 2.45) is 0 Å². The first-order valence-electron chi connectivity index (χ1n) is 11.6. The number of rotatable bonds is 5. The summed E-state index contributed by atoms with van der Waals surface area (Å²) < 4.78 is 5.59. The molecule has 2 aliphatic rings. The molecule has 2 saturated heterocycles. The van der Waals surface area contributed by atoms with E-state index in [9.17, 15) is 9.59 Å². The normalized spacial score (nSPS) is 20.7. The van der Waals surface area contributed by atoms with Crippen LogP contribution < -0.4 is 5.32 Å². The molecule has 1 N–H and O–H groups in total. The highest BCUT2D eigenvalue weighted by Crippen LogP contribution is 2.28. The van der Waals surface area contributed by atoms with Crippen molar-refractivity contribution in [3.8, 4) is 6.07 Å². The van der Waals surface area contributed by atoms with Crippen LogP contribution in [0, 0.1) is 18.3 Å². The van der Waals surface area contributed by atoms with E-state index < -0.39 is 0 Å². The Kier molecular flexibility index (Phi) is 7.52. The average molecular weight is 481 g/mol. The Morgan fingerprint density at radius 1 is 1.26 bits per heavy atom. The smallest absolute Gasteiger partial charge is 0.255 e. The molecule has 0 aliphatic carbocycles. The zero-order valence-electron chi connectivity index (χ0n) is 19.5. The van der Waals surface area contributed by atoms with Crippen LogP contribution in [-0.2, 0) is 16.1 Å². The zero-order valence-corrected chi connectivity index (χ0v) is 20.3. The van der Waals surface area contributed by atoms with Gasteiger partial charge >= 0.3 is 0 Å². The second kappa shape index (κ2) is 10.6. The molecule has 8 heteroatoms. The average Bonchev–Trinajstić information content (AvgIpc) is 3.37. The first-order chi connectivity index (χ1) is 16.4. The van der Waals surface area contributed by atoms with E-state index in [-0.39, 0.29) is 24.0 Å². The fraction of sp³-hybridized carbons (Fsp3) is 0.423. The number of ether oxygens (including phenoxy) is 1. The van der Waals surface area contributed by atoms with Gasteiger partial charge in [-0.15, -0.1) is 0 Å². The summed E-state index contributed by atoms with van der Waals surface area (Å²) in [5, 5.41) is 12.6. The van der Waals surface area contributed by atoms with Crippen molar-refractivity contribution in [1.29, 1.82) is 5.26 Å². The molecule has 2 fully saturated rings. The largest absolute Gasteiger partial charge is 0.368 e. The van der Waals surface area contributed by atoms with Crippen molar-refractivity contribution in [1.82, 2.24) is 9.80 Å². The summed E-state index contributed by atoms with van der Waals surface area (Å²) in [6, 6.07) is 12.4. The summed E-state index contributed by atoms with van der Waals surface area (Å²) >= 11 is 6.40. The first-order valence-corrected chi connectivity index (χ1v) is 12.0. The number of carbonyl (C=O) groups is 2. The minimum Gasteiger partial charge on any atom is -0.368 e. The van der Waals surface area contributed by atoms with E-state index in [0.29, 0.717) is 41.5 Å². The SMILES string of the molecule is Cc1c(CN2CCN(C(=O)[C@H]3CCCO3)[C@@H](C)C2)cc(Cl)cc1NC(=O)c1cccc(C#N)c1. The van der Waals surface area contributed by atoms with Crippen LogP contribution in [0.15, 0.2) is 36.4 Å². The number of amides is 2. The molecular formula is C26H29ClN4O3. The van der Waals surface area contributed by atoms with Crippen LogP contribution in [0.2, 0.25) is 5.02 Å². The van der Waals surface area contributed by atoms with Gasteiger partial charge in [-0.1, -0.05) is 17.7 Å². The molecule has 2 heterocycles. The number of piperazine rings is 1. The molecule has 7 nitrogen and oxygen atoms in total. The van der Waals surface area contributed by atoms with Crippen LogP contribution in [0.3, 0.4) is 0 Å². The van der Waals surface area contributed by atoms with Crippen LogP contribution in [0.25, 0.3) is 0 Å². The van der Waals surface area contributed by atoms with Crippen molar-refractivity contribution in [3.63, 3.8) is 0 Å². The Bertz CT molecular complexity index is 1120.